The highest BCUT2D eigenvalue weighted by molar-refractivity contribution is 5.89. The van der Waals surface area contributed by atoms with Gasteiger partial charge < -0.3 is 9.64 Å². The van der Waals surface area contributed by atoms with E-state index in [1.807, 2.05) is 4.90 Å². The first kappa shape index (κ1) is 17.7. The zero-order chi connectivity index (χ0) is 17.0. The van der Waals surface area contributed by atoms with Gasteiger partial charge in [-0.15, -0.1) is 0 Å². The van der Waals surface area contributed by atoms with Gasteiger partial charge in [-0.25, -0.2) is 4.79 Å². The van der Waals surface area contributed by atoms with Crippen LogP contribution >= 0.6 is 0 Å². The van der Waals surface area contributed by atoms with Crippen molar-refractivity contribution in [1.29, 1.82) is 0 Å². The zero-order valence-electron chi connectivity index (χ0n) is 13.3. The molecule has 0 aliphatic carbocycles. The Morgan fingerprint density at radius 3 is 2.30 bits per heavy atom. The van der Waals surface area contributed by atoms with Crippen molar-refractivity contribution in [1.82, 2.24) is 9.80 Å². The molecule has 0 N–H and O–H groups in total. The Bertz CT molecular complexity index is 553. The van der Waals surface area contributed by atoms with Crippen LogP contribution < -0.4 is 0 Å². The average Bonchev–Trinajstić information content (AvgIpc) is 2.54. The second-order valence-corrected chi connectivity index (χ2v) is 5.57. The molecule has 0 saturated carbocycles. The highest BCUT2D eigenvalue weighted by Gasteiger charge is 2.34. The third-order valence-electron chi connectivity index (χ3n) is 4.14. The monoisotopic (exact) mass is 330 g/mol. The smallest absolute Gasteiger partial charge is 0.416 e. The zero-order valence-corrected chi connectivity index (χ0v) is 13.3. The van der Waals surface area contributed by atoms with Crippen LogP contribution in [0.3, 0.4) is 0 Å². The highest BCUT2D eigenvalue weighted by atomic mass is 19.4. The molecular weight excluding hydrogens is 309 g/mol. The lowest BCUT2D eigenvalue weighted by molar-refractivity contribution is -0.138. The first-order valence-electron chi connectivity index (χ1n) is 7.58. The van der Waals surface area contributed by atoms with Crippen molar-refractivity contribution >= 4 is 5.97 Å². The van der Waals surface area contributed by atoms with Gasteiger partial charge in [0, 0.05) is 32.7 Å². The molecule has 0 amide bonds. The van der Waals surface area contributed by atoms with E-state index in [0.717, 1.165) is 45.9 Å². The van der Waals surface area contributed by atoms with Gasteiger partial charge >= 0.3 is 12.1 Å². The number of carbonyl (C=O) groups excluding carboxylic acids is 1. The fraction of sp³-hybridized carbons (Fsp3) is 0.562. The van der Waals surface area contributed by atoms with Gasteiger partial charge in [0.1, 0.15) is 0 Å². The predicted molar refractivity (Wildman–Crippen MR) is 80.2 cm³/mol. The lowest BCUT2D eigenvalue weighted by Crippen LogP contribution is -2.45. The summed E-state index contributed by atoms with van der Waals surface area (Å²) in [7, 11) is 1.15. The van der Waals surface area contributed by atoms with Crippen molar-refractivity contribution in [3.63, 3.8) is 0 Å². The predicted octanol–water partition coefficient (Wildman–Crippen LogP) is 2.63. The number of halogens is 3. The average molecular weight is 330 g/mol. The fourth-order valence-corrected chi connectivity index (χ4v) is 2.73. The van der Waals surface area contributed by atoms with Crippen molar-refractivity contribution < 1.29 is 22.7 Å². The molecule has 0 radical (unpaired) electrons. The van der Waals surface area contributed by atoms with Gasteiger partial charge in [-0.3, -0.25) is 4.90 Å². The van der Waals surface area contributed by atoms with E-state index in [4.69, 9.17) is 0 Å². The molecule has 128 valence electrons. The maximum Gasteiger partial charge on any atom is 0.416 e. The lowest BCUT2D eigenvalue weighted by Gasteiger charge is -2.34. The molecule has 0 atom stereocenters. The van der Waals surface area contributed by atoms with Crippen LogP contribution in [0.2, 0.25) is 0 Å². The molecular formula is C16H21F3N2O2. The van der Waals surface area contributed by atoms with Crippen LogP contribution in [-0.2, 0) is 17.5 Å². The summed E-state index contributed by atoms with van der Waals surface area (Å²) >= 11 is 0. The first-order valence-corrected chi connectivity index (χ1v) is 7.58. The SMILES string of the molecule is CCN1CCN(Cc2ccc(C(=O)OC)cc2C(F)(F)F)CC1. The summed E-state index contributed by atoms with van der Waals surface area (Å²) in [6.45, 7) is 6.45. The van der Waals surface area contributed by atoms with Crippen molar-refractivity contribution in [3.8, 4) is 0 Å². The summed E-state index contributed by atoms with van der Waals surface area (Å²) in [6, 6.07) is 3.64. The van der Waals surface area contributed by atoms with E-state index in [2.05, 4.69) is 16.6 Å². The molecule has 1 heterocycles. The van der Waals surface area contributed by atoms with E-state index < -0.39 is 17.7 Å². The number of nitrogens with zero attached hydrogens (tertiary/aromatic N) is 2. The second-order valence-electron chi connectivity index (χ2n) is 5.57. The molecule has 1 saturated heterocycles. The van der Waals surface area contributed by atoms with Crippen molar-refractivity contribution in [2.75, 3.05) is 39.8 Å². The molecule has 1 aliphatic heterocycles. The molecule has 1 aromatic carbocycles. The third-order valence-corrected chi connectivity index (χ3v) is 4.14. The normalized spacial score (nSPS) is 17.3. The van der Waals surface area contributed by atoms with Crippen LogP contribution in [0.4, 0.5) is 13.2 Å². The minimum Gasteiger partial charge on any atom is -0.465 e. The van der Waals surface area contributed by atoms with E-state index in [1.165, 1.54) is 12.1 Å². The van der Waals surface area contributed by atoms with Gasteiger partial charge in [0.2, 0.25) is 0 Å². The number of hydrogen-bond acceptors (Lipinski definition) is 4. The summed E-state index contributed by atoms with van der Waals surface area (Å²) in [5, 5.41) is 0. The maximum absolute atomic E-state index is 13.3. The Hall–Kier alpha value is -1.60. The van der Waals surface area contributed by atoms with Crippen LogP contribution in [0, 0.1) is 0 Å². The first-order chi connectivity index (χ1) is 10.8. The van der Waals surface area contributed by atoms with E-state index in [9.17, 15) is 18.0 Å². The Balaban J connectivity index is 2.19. The van der Waals surface area contributed by atoms with Gasteiger partial charge in [-0.2, -0.15) is 13.2 Å². The van der Waals surface area contributed by atoms with Gasteiger partial charge in [-0.1, -0.05) is 13.0 Å². The van der Waals surface area contributed by atoms with Gasteiger partial charge in [0.05, 0.1) is 18.2 Å². The minimum atomic E-state index is -4.50. The molecule has 1 fully saturated rings. The van der Waals surface area contributed by atoms with Crippen LogP contribution in [0.25, 0.3) is 0 Å². The molecule has 0 unspecified atom stereocenters. The third kappa shape index (κ3) is 4.45. The van der Waals surface area contributed by atoms with Crippen LogP contribution in [0.15, 0.2) is 18.2 Å². The summed E-state index contributed by atoms with van der Waals surface area (Å²) in [5.41, 5.74) is -0.659. The number of methoxy groups -OCH3 is 1. The van der Waals surface area contributed by atoms with Crippen LogP contribution in [0.1, 0.15) is 28.4 Å². The number of likely N-dealkylation sites (N-methyl/N-ethyl adjacent to an activating group) is 1. The molecule has 23 heavy (non-hydrogen) atoms. The number of hydrogen-bond donors (Lipinski definition) is 0. The van der Waals surface area contributed by atoms with Crippen LogP contribution in [0.5, 0.6) is 0 Å². The molecule has 4 nitrogen and oxygen atoms in total. The molecule has 0 bridgehead atoms. The summed E-state index contributed by atoms with van der Waals surface area (Å²) in [4.78, 5) is 15.7. The maximum atomic E-state index is 13.3. The molecule has 1 aliphatic rings. The standard InChI is InChI=1S/C16H21F3N2O2/c1-3-20-6-8-21(9-7-20)11-13-5-4-12(15(22)23-2)10-14(13)16(17,18)19/h4-5,10H,3,6-9,11H2,1-2H3. The summed E-state index contributed by atoms with van der Waals surface area (Å²) in [6.07, 6.45) is -4.50. The summed E-state index contributed by atoms with van der Waals surface area (Å²) in [5.74, 6) is -0.765. The Morgan fingerprint density at radius 2 is 1.78 bits per heavy atom. The number of piperazine rings is 1. The molecule has 7 heteroatoms. The van der Waals surface area contributed by atoms with Gasteiger partial charge in [-0.05, 0) is 24.2 Å². The summed E-state index contributed by atoms with van der Waals surface area (Å²) < 4.78 is 44.4. The second kappa shape index (κ2) is 7.31. The number of ether oxygens (including phenoxy) is 1. The van der Waals surface area contributed by atoms with E-state index in [-0.39, 0.29) is 17.7 Å². The molecule has 0 spiro atoms. The van der Waals surface area contributed by atoms with Gasteiger partial charge in [0.15, 0.2) is 0 Å². The Morgan fingerprint density at radius 1 is 1.17 bits per heavy atom. The van der Waals surface area contributed by atoms with Gasteiger partial charge in [0.25, 0.3) is 0 Å². The van der Waals surface area contributed by atoms with Crippen molar-refractivity contribution in [2.24, 2.45) is 0 Å². The quantitative estimate of drug-likeness (QED) is 0.795. The number of alkyl halides is 3. The largest absolute Gasteiger partial charge is 0.465 e. The molecule has 2 rings (SSSR count). The highest BCUT2D eigenvalue weighted by Crippen LogP contribution is 2.33. The van der Waals surface area contributed by atoms with Crippen molar-refractivity contribution in [3.05, 3.63) is 34.9 Å². The molecule has 0 aromatic heterocycles. The van der Waals surface area contributed by atoms with Crippen LogP contribution in [-0.4, -0.2) is 55.6 Å². The number of benzene rings is 1. The Labute approximate surface area is 133 Å². The van der Waals surface area contributed by atoms with E-state index in [0.29, 0.717) is 0 Å². The van der Waals surface area contributed by atoms with Crippen molar-refractivity contribution in [2.45, 2.75) is 19.6 Å². The number of esters is 1. The van der Waals surface area contributed by atoms with E-state index >= 15 is 0 Å². The minimum absolute atomic E-state index is 0.0839. The number of rotatable bonds is 4. The number of carbonyl (C=O) groups is 1. The fourth-order valence-electron chi connectivity index (χ4n) is 2.73. The van der Waals surface area contributed by atoms with E-state index in [1.54, 1.807) is 0 Å². The topological polar surface area (TPSA) is 32.8 Å². The lowest BCUT2D eigenvalue weighted by atomic mass is 10.0. The Kier molecular flexibility index (Phi) is 5.64. The molecule has 1 aromatic rings.